The van der Waals surface area contributed by atoms with Gasteiger partial charge in [-0.1, -0.05) is 17.3 Å². The van der Waals surface area contributed by atoms with Crippen LogP contribution in [0.5, 0.6) is 0 Å². The Hall–Kier alpha value is -1.63. The minimum absolute atomic E-state index is 0.128. The van der Waals surface area contributed by atoms with Crippen molar-refractivity contribution >= 4 is 5.90 Å². The van der Waals surface area contributed by atoms with Crippen LogP contribution in [0.15, 0.2) is 16.6 Å². The molecule has 0 unspecified atom stereocenters. The molecule has 1 aliphatic heterocycles. The van der Waals surface area contributed by atoms with Crippen LogP contribution >= 0.6 is 0 Å². The second kappa shape index (κ2) is 3.85. The Morgan fingerprint density at radius 1 is 1.69 bits per heavy atom. The Morgan fingerprint density at radius 3 is 2.92 bits per heavy atom. The zero-order valence-electron chi connectivity index (χ0n) is 7.28. The molecule has 1 aliphatic rings. The van der Waals surface area contributed by atoms with Crippen LogP contribution in [-0.4, -0.2) is 28.0 Å². The number of nitrogens with one attached hydrogen (secondary N) is 2. The van der Waals surface area contributed by atoms with E-state index in [0.717, 1.165) is 6.42 Å². The van der Waals surface area contributed by atoms with Gasteiger partial charge in [0.1, 0.15) is 11.5 Å². The minimum atomic E-state index is -0.341. The fraction of sp³-hybridized carbons (Fsp3) is 0.500. The number of hydrogen-bond acceptors (Lipinski definition) is 6. The molecule has 0 aliphatic carbocycles. The Kier molecular flexibility index (Phi) is 2.80. The summed E-state index contributed by atoms with van der Waals surface area (Å²) in [6.45, 7) is 2.65. The summed E-state index contributed by atoms with van der Waals surface area (Å²) in [7, 11) is 0. The lowest BCUT2D eigenvalue weighted by Gasteiger charge is -2.21. The fourth-order valence-electron chi connectivity index (χ4n) is 0.873. The summed E-state index contributed by atoms with van der Waals surface area (Å²) >= 11 is 0. The van der Waals surface area contributed by atoms with Crippen LogP contribution in [0.25, 0.3) is 0 Å². The van der Waals surface area contributed by atoms with Crippen molar-refractivity contribution in [1.82, 2.24) is 16.0 Å². The van der Waals surface area contributed by atoms with E-state index >= 15 is 0 Å². The molecule has 6 N–H and O–H groups in total. The fourth-order valence-corrected chi connectivity index (χ4v) is 0.873. The summed E-state index contributed by atoms with van der Waals surface area (Å²) in [6.07, 6.45) is 0.896. The molecule has 0 fully saturated rings. The zero-order chi connectivity index (χ0) is 9.84. The number of hydrazone groups is 1. The van der Waals surface area contributed by atoms with Gasteiger partial charge in [0.15, 0.2) is 0 Å². The van der Waals surface area contributed by atoms with Crippen molar-refractivity contribution in [3.05, 3.63) is 11.5 Å². The second-order valence-electron chi connectivity index (χ2n) is 2.54. The van der Waals surface area contributed by atoms with Crippen molar-refractivity contribution in [2.75, 3.05) is 6.54 Å². The Bertz CT molecular complexity index is 249. The van der Waals surface area contributed by atoms with Crippen molar-refractivity contribution < 1.29 is 10.3 Å². The van der Waals surface area contributed by atoms with Gasteiger partial charge in [0.05, 0.1) is 0 Å². The number of hydrogen-bond donors (Lipinski definition) is 5. The molecule has 13 heavy (non-hydrogen) atoms. The van der Waals surface area contributed by atoms with Gasteiger partial charge < -0.3 is 16.2 Å². The lowest BCUT2D eigenvalue weighted by atomic mass is 10.3. The average molecular weight is 187 g/mol. The van der Waals surface area contributed by atoms with E-state index in [1.165, 1.54) is 0 Å². The molecule has 7 nitrogen and oxygen atoms in total. The highest BCUT2D eigenvalue weighted by Gasteiger charge is 2.17. The lowest BCUT2D eigenvalue weighted by molar-refractivity contribution is -0.131. The van der Waals surface area contributed by atoms with Crippen molar-refractivity contribution in [2.24, 2.45) is 10.8 Å². The monoisotopic (exact) mass is 187 g/mol. The molecule has 0 radical (unpaired) electrons. The van der Waals surface area contributed by atoms with Crippen molar-refractivity contribution in [3.8, 4) is 0 Å². The predicted molar refractivity (Wildman–Crippen MR) is 46.3 cm³/mol. The third-order valence-electron chi connectivity index (χ3n) is 1.45. The molecule has 0 saturated heterocycles. The van der Waals surface area contributed by atoms with Crippen molar-refractivity contribution in [3.63, 3.8) is 0 Å². The summed E-state index contributed by atoms with van der Waals surface area (Å²) in [5.41, 5.74) is 8.07. The van der Waals surface area contributed by atoms with Crippen LogP contribution in [-0.2, 0) is 0 Å². The number of aliphatic hydroxyl groups is 1. The molecule has 0 aromatic carbocycles. The van der Waals surface area contributed by atoms with Gasteiger partial charge in [0, 0.05) is 6.54 Å². The molecule has 1 heterocycles. The van der Waals surface area contributed by atoms with Crippen LogP contribution in [0.3, 0.4) is 0 Å². The smallest absolute Gasteiger partial charge is 0.260 e. The van der Waals surface area contributed by atoms with Crippen LogP contribution in [0.1, 0.15) is 13.3 Å². The highest BCUT2D eigenvalue weighted by Crippen LogP contribution is 2.01. The van der Waals surface area contributed by atoms with Gasteiger partial charge in [0.25, 0.3) is 5.90 Å². The van der Waals surface area contributed by atoms with Gasteiger partial charge in [-0.05, 0) is 6.42 Å². The first kappa shape index (κ1) is 9.46. The first-order chi connectivity index (χ1) is 6.15. The first-order valence-corrected chi connectivity index (χ1v) is 3.92. The lowest BCUT2D eigenvalue weighted by Crippen LogP contribution is -2.43. The van der Waals surface area contributed by atoms with Gasteiger partial charge in [0.2, 0.25) is 0 Å². The Labute approximate surface area is 75.4 Å². The van der Waals surface area contributed by atoms with E-state index < -0.39 is 0 Å². The summed E-state index contributed by atoms with van der Waals surface area (Å²) in [5.74, 6) is -0.212. The molecular weight excluding hydrogens is 174 g/mol. The van der Waals surface area contributed by atoms with Gasteiger partial charge in [-0.15, -0.1) is 0 Å². The second-order valence-corrected chi connectivity index (χ2v) is 2.54. The van der Waals surface area contributed by atoms with Crippen LogP contribution in [0.2, 0.25) is 0 Å². The van der Waals surface area contributed by atoms with Crippen LogP contribution < -0.4 is 16.5 Å². The number of nitrogens with two attached hydrogens (primary N) is 1. The molecule has 7 heteroatoms. The number of aliphatic hydroxyl groups excluding tert-OH is 1. The van der Waals surface area contributed by atoms with Gasteiger partial charge in [-0.25, -0.2) is 5.43 Å². The minimum Gasteiger partial charge on any atom is -0.491 e. The standard InChI is InChI=1S/C6H13N5O2/c1-2-3-8-4-5(7)9-11(13)10-6(4)12/h8-9,13H,2-3,7H2,1H3,(H,10,12). The molecule has 0 atom stereocenters. The molecule has 0 saturated carbocycles. The molecule has 0 bridgehead atoms. The quantitative estimate of drug-likeness (QED) is 0.396. The molecule has 0 aromatic rings. The van der Waals surface area contributed by atoms with E-state index in [2.05, 4.69) is 15.8 Å². The summed E-state index contributed by atoms with van der Waals surface area (Å²) in [4.78, 5) is 0. The van der Waals surface area contributed by atoms with E-state index in [0.29, 0.717) is 17.5 Å². The number of hydrazine groups is 1. The van der Waals surface area contributed by atoms with Crippen LogP contribution in [0.4, 0.5) is 0 Å². The van der Waals surface area contributed by atoms with Gasteiger partial charge in [-0.2, -0.15) is 0 Å². The maximum atomic E-state index is 9.24. The highest BCUT2D eigenvalue weighted by atomic mass is 16.6. The van der Waals surface area contributed by atoms with Crippen molar-refractivity contribution in [1.29, 1.82) is 0 Å². The summed E-state index contributed by atoms with van der Waals surface area (Å²) in [6, 6.07) is 0. The first-order valence-electron chi connectivity index (χ1n) is 3.92. The SMILES string of the molecule is CCCNC1=C(N)NN(O)N=C1O. The number of rotatable bonds is 3. The molecule has 1 rings (SSSR count). The van der Waals surface area contributed by atoms with Gasteiger partial charge in [-0.3, -0.25) is 5.21 Å². The summed E-state index contributed by atoms with van der Waals surface area (Å²) < 4.78 is 0. The molecule has 0 spiro atoms. The zero-order valence-corrected chi connectivity index (χ0v) is 7.28. The predicted octanol–water partition coefficient (Wildman–Crippen LogP) is -0.805. The topological polar surface area (TPSA) is 106 Å². The molecule has 0 aromatic heterocycles. The molecular formula is C6H13N5O2. The molecule has 0 amide bonds. The maximum Gasteiger partial charge on any atom is 0.260 e. The number of nitrogens with zero attached hydrogens (tertiary/aromatic N) is 2. The highest BCUT2D eigenvalue weighted by molar-refractivity contribution is 5.91. The summed E-state index contributed by atoms with van der Waals surface area (Å²) in [5, 5.41) is 24.6. The van der Waals surface area contributed by atoms with E-state index in [-0.39, 0.29) is 11.7 Å². The van der Waals surface area contributed by atoms with E-state index in [9.17, 15) is 5.11 Å². The van der Waals surface area contributed by atoms with Crippen molar-refractivity contribution in [2.45, 2.75) is 13.3 Å². The van der Waals surface area contributed by atoms with Gasteiger partial charge >= 0.3 is 0 Å². The third-order valence-corrected chi connectivity index (χ3v) is 1.45. The Morgan fingerprint density at radius 2 is 2.38 bits per heavy atom. The van der Waals surface area contributed by atoms with E-state index in [1.807, 2.05) is 6.92 Å². The average Bonchev–Trinajstić information content (AvgIpc) is 2.02. The normalized spacial score (nSPS) is 16.8. The van der Waals surface area contributed by atoms with E-state index in [4.69, 9.17) is 10.9 Å². The van der Waals surface area contributed by atoms with E-state index in [1.54, 1.807) is 0 Å². The third kappa shape index (κ3) is 2.15. The maximum absolute atomic E-state index is 9.24. The van der Waals surface area contributed by atoms with Crippen LogP contribution in [0, 0.1) is 0 Å². The Balaban J connectivity index is 2.70. The molecule has 74 valence electrons. The largest absolute Gasteiger partial charge is 0.491 e.